The van der Waals surface area contributed by atoms with Gasteiger partial charge in [-0.1, -0.05) is 11.6 Å². The van der Waals surface area contributed by atoms with E-state index in [2.05, 4.69) is 4.98 Å². The zero-order valence-corrected chi connectivity index (χ0v) is 8.61. The van der Waals surface area contributed by atoms with Crippen molar-refractivity contribution in [1.82, 2.24) is 4.98 Å². The summed E-state index contributed by atoms with van der Waals surface area (Å²) in [5.41, 5.74) is 6.24. The number of halogens is 1. The lowest BCUT2D eigenvalue weighted by Gasteiger charge is -2.05. The molecule has 1 heterocycles. The quantitative estimate of drug-likeness (QED) is 0.792. The lowest BCUT2D eigenvalue weighted by atomic mass is 10.3. The summed E-state index contributed by atoms with van der Waals surface area (Å²) in [6.45, 7) is 0. The molecule has 0 saturated carbocycles. The van der Waals surface area contributed by atoms with E-state index < -0.39 is 0 Å². The van der Waals surface area contributed by atoms with E-state index in [1.54, 1.807) is 42.6 Å². The number of rotatable bonds is 2. The van der Waals surface area contributed by atoms with Crippen molar-refractivity contribution in [2.24, 2.45) is 0 Å². The number of benzene rings is 1. The van der Waals surface area contributed by atoms with Gasteiger partial charge in [0.05, 0.1) is 0 Å². The number of anilines is 1. The van der Waals surface area contributed by atoms with Gasteiger partial charge in [-0.15, -0.1) is 0 Å². The highest BCUT2D eigenvalue weighted by Crippen LogP contribution is 2.26. The summed E-state index contributed by atoms with van der Waals surface area (Å²) in [7, 11) is 0. The summed E-state index contributed by atoms with van der Waals surface area (Å²) in [5, 5.41) is 0.481. The highest BCUT2D eigenvalue weighted by Gasteiger charge is 2.02. The molecule has 0 saturated heterocycles. The molecule has 0 aliphatic heterocycles. The molecule has 0 atom stereocenters. The molecule has 0 amide bonds. The molecular weight excluding hydrogens is 212 g/mol. The molecule has 0 bridgehead atoms. The molecule has 76 valence electrons. The third-order valence-corrected chi connectivity index (χ3v) is 2.11. The minimum absolute atomic E-state index is 0.393. The largest absolute Gasteiger partial charge is 0.438 e. The second-order valence-electron chi connectivity index (χ2n) is 2.96. The first-order valence-electron chi connectivity index (χ1n) is 4.39. The van der Waals surface area contributed by atoms with Gasteiger partial charge in [0.15, 0.2) is 0 Å². The Balaban J connectivity index is 2.22. The molecule has 1 aromatic carbocycles. The SMILES string of the molecule is Nc1ccc(Oc2ncccc2Cl)cc1. The monoisotopic (exact) mass is 220 g/mol. The van der Waals surface area contributed by atoms with Crippen LogP contribution in [0, 0.1) is 0 Å². The first-order valence-corrected chi connectivity index (χ1v) is 4.77. The van der Waals surface area contributed by atoms with E-state index in [1.165, 1.54) is 0 Å². The Morgan fingerprint density at radius 1 is 1.13 bits per heavy atom. The molecule has 2 aromatic rings. The van der Waals surface area contributed by atoms with E-state index in [0.717, 1.165) is 0 Å². The fourth-order valence-corrected chi connectivity index (χ4v) is 1.25. The fourth-order valence-electron chi connectivity index (χ4n) is 1.09. The fraction of sp³-hybridized carbons (Fsp3) is 0. The molecule has 0 radical (unpaired) electrons. The molecule has 0 spiro atoms. The summed E-state index contributed by atoms with van der Waals surface area (Å²) in [6.07, 6.45) is 1.62. The van der Waals surface area contributed by atoms with Crippen LogP contribution in [0.2, 0.25) is 5.02 Å². The third-order valence-electron chi connectivity index (χ3n) is 1.82. The maximum atomic E-state index is 5.89. The van der Waals surface area contributed by atoms with Crippen LogP contribution >= 0.6 is 11.6 Å². The molecule has 4 heteroatoms. The standard InChI is InChI=1S/C11H9ClN2O/c12-10-2-1-7-14-11(10)15-9-5-3-8(13)4-6-9/h1-7H,13H2. The van der Waals surface area contributed by atoms with Gasteiger partial charge in [-0.3, -0.25) is 0 Å². The molecule has 2 rings (SSSR count). The Bertz CT molecular complexity index is 456. The average Bonchev–Trinajstić information content (AvgIpc) is 2.25. The summed E-state index contributed by atoms with van der Waals surface area (Å²) < 4.78 is 5.47. The topological polar surface area (TPSA) is 48.1 Å². The van der Waals surface area contributed by atoms with Crippen molar-refractivity contribution in [3.05, 3.63) is 47.6 Å². The molecule has 15 heavy (non-hydrogen) atoms. The van der Waals surface area contributed by atoms with E-state index in [0.29, 0.717) is 22.3 Å². The van der Waals surface area contributed by atoms with Crippen LogP contribution in [0.3, 0.4) is 0 Å². The molecule has 1 aromatic heterocycles. The summed E-state index contributed by atoms with van der Waals surface area (Å²) >= 11 is 5.89. The molecule has 0 unspecified atom stereocenters. The third kappa shape index (κ3) is 2.39. The average molecular weight is 221 g/mol. The van der Waals surface area contributed by atoms with Crippen LogP contribution in [-0.2, 0) is 0 Å². The number of pyridine rings is 1. The van der Waals surface area contributed by atoms with Crippen molar-refractivity contribution in [3.8, 4) is 11.6 Å². The number of nitrogens with two attached hydrogens (primary N) is 1. The lowest BCUT2D eigenvalue weighted by molar-refractivity contribution is 0.463. The van der Waals surface area contributed by atoms with Crippen LogP contribution in [0.5, 0.6) is 11.6 Å². The van der Waals surface area contributed by atoms with Crippen molar-refractivity contribution in [1.29, 1.82) is 0 Å². The Morgan fingerprint density at radius 3 is 2.53 bits per heavy atom. The number of nitrogen functional groups attached to an aromatic ring is 1. The van der Waals surface area contributed by atoms with Gasteiger partial charge in [-0.25, -0.2) is 4.98 Å². The van der Waals surface area contributed by atoms with E-state index >= 15 is 0 Å². The number of hydrogen-bond acceptors (Lipinski definition) is 3. The molecule has 0 fully saturated rings. The van der Waals surface area contributed by atoms with Gasteiger partial charge >= 0.3 is 0 Å². The van der Waals surface area contributed by atoms with Crippen molar-refractivity contribution < 1.29 is 4.74 Å². The van der Waals surface area contributed by atoms with Crippen molar-refractivity contribution in [3.63, 3.8) is 0 Å². The Morgan fingerprint density at radius 2 is 1.87 bits per heavy atom. The Labute approximate surface area is 92.5 Å². The molecule has 0 aliphatic carbocycles. The highest BCUT2D eigenvalue weighted by molar-refractivity contribution is 6.31. The van der Waals surface area contributed by atoms with Gasteiger partial charge < -0.3 is 10.5 Å². The number of ether oxygens (including phenoxy) is 1. The van der Waals surface area contributed by atoms with Crippen LogP contribution in [0.15, 0.2) is 42.6 Å². The normalized spacial score (nSPS) is 9.93. The predicted octanol–water partition coefficient (Wildman–Crippen LogP) is 3.11. The minimum Gasteiger partial charge on any atom is -0.438 e. The Kier molecular flexibility index (Phi) is 2.74. The highest BCUT2D eigenvalue weighted by atomic mass is 35.5. The zero-order valence-electron chi connectivity index (χ0n) is 7.85. The second kappa shape index (κ2) is 4.19. The lowest BCUT2D eigenvalue weighted by Crippen LogP contribution is -1.89. The van der Waals surface area contributed by atoms with Crippen molar-refractivity contribution in [2.75, 3.05) is 5.73 Å². The number of nitrogens with zero attached hydrogens (tertiary/aromatic N) is 1. The van der Waals surface area contributed by atoms with E-state index in [9.17, 15) is 0 Å². The van der Waals surface area contributed by atoms with E-state index in [1.807, 2.05) is 0 Å². The molecular formula is C11H9ClN2O. The van der Waals surface area contributed by atoms with Crippen LogP contribution in [0.25, 0.3) is 0 Å². The van der Waals surface area contributed by atoms with Gasteiger partial charge in [0, 0.05) is 11.9 Å². The van der Waals surface area contributed by atoms with Gasteiger partial charge in [0.2, 0.25) is 5.88 Å². The number of aromatic nitrogens is 1. The van der Waals surface area contributed by atoms with E-state index in [-0.39, 0.29) is 0 Å². The maximum absolute atomic E-state index is 5.89. The van der Waals surface area contributed by atoms with Crippen molar-refractivity contribution >= 4 is 17.3 Å². The molecule has 0 aliphatic rings. The van der Waals surface area contributed by atoms with Crippen LogP contribution in [-0.4, -0.2) is 4.98 Å². The van der Waals surface area contributed by atoms with Crippen LogP contribution in [0.4, 0.5) is 5.69 Å². The first kappa shape index (κ1) is 9.80. The first-order chi connectivity index (χ1) is 7.25. The zero-order chi connectivity index (χ0) is 10.7. The van der Waals surface area contributed by atoms with Crippen LogP contribution in [0.1, 0.15) is 0 Å². The summed E-state index contributed by atoms with van der Waals surface area (Å²) in [6, 6.07) is 10.5. The van der Waals surface area contributed by atoms with Crippen LogP contribution < -0.4 is 10.5 Å². The maximum Gasteiger partial charge on any atom is 0.238 e. The van der Waals surface area contributed by atoms with Gasteiger partial charge in [0.25, 0.3) is 0 Å². The summed E-state index contributed by atoms with van der Waals surface area (Å²) in [5.74, 6) is 1.05. The van der Waals surface area contributed by atoms with Gasteiger partial charge in [-0.05, 0) is 36.4 Å². The molecule has 3 nitrogen and oxygen atoms in total. The minimum atomic E-state index is 0.393. The molecule has 2 N–H and O–H groups in total. The van der Waals surface area contributed by atoms with Gasteiger partial charge in [-0.2, -0.15) is 0 Å². The predicted molar refractivity (Wildman–Crippen MR) is 60.2 cm³/mol. The van der Waals surface area contributed by atoms with E-state index in [4.69, 9.17) is 22.1 Å². The van der Waals surface area contributed by atoms with Gasteiger partial charge in [0.1, 0.15) is 10.8 Å². The van der Waals surface area contributed by atoms with Crippen molar-refractivity contribution in [2.45, 2.75) is 0 Å². The number of hydrogen-bond donors (Lipinski definition) is 1. The second-order valence-corrected chi connectivity index (χ2v) is 3.37. The Hall–Kier alpha value is -1.74. The summed E-state index contributed by atoms with van der Waals surface area (Å²) in [4.78, 5) is 4.01. The smallest absolute Gasteiger partial charge is 0.238 e.